The van der Waals surface area contributed by atoms with Crippen molar-refractivity contribution < 1.29 is 0 Å². The first-order valence-corrected chi connectivity index (χ1v) is 7.22. The second-order valence-corrected chi connectivity index (χ2v) is 5.96. The monoisotopic (exact) mass is 309 g/mol. The highest BCUT2D eigenvalue weighted by molar-refractivity contribution is 9.10. The third kappa shape index (κ3) is 3.05. The van der Waals surface area contributed by atoms with Crippen LogP contribution in [0.4, 0.5) is 5.69 Å². The zero-order chi connectivity index (χ0) is 13.1. The van der Waals surface area contributed by atoms with Crippen molar-refractivity contribution in [1.29, 1.82) is 5.41 Å². The quantitative estimate of drug-likeness (QED) is 0.662. The number of benzene rings is 1. The van der Waals surface area contributed by atoms with Gasteiger partial charge in [-0.05, 0) is 52.9 Å². The van der Waals surface area contributed by atoms with Gasteiger partial charge in [-0.15, -0.1) is 0 Å². The summed E-state index contributed by atoms with van der Waals surface area (Å²) < 4.78 is 0.894. The minimum atomic E-state index is 0.104. The Balaban J connectivity index is 2.08. The number of nitrogens with zero attached hydrogens (tertiary/aromatic N) is 1. The van der Waals surface area contributed by atoms with E-state index in [9.17, 15) is 0 Å². The third-order valence-corrected chi connectivity index (χ3v) is 4.35. The summed E-state index contributed by atoms with van der Waals surface area (Å²) in [7, 11) is 2.13. The molecule has 0 radical (unpaired) electrons. The highest BCUT2D eigenvalue weighted by Crippen LogP contribution is 2.28. The van der Waals surface area contributed by atoms with E-state index in [2.05, 4.69) is 27.9 Å². The lowest BCUT2D eigenvalue weighted by Gasteiger charge is -2.23. The van der Waals surface area contributed by atoms with Gasteiger partial charge in [0.1, 0.15) is 5.84 Å². The summed E-state index contributed by atoms with van der Waals surface area (Å²) in [4.78, 5) is 2.30. The van der Waals surface area contributed by atoms with Crippen LogP contribution < -0.4 is 10.6 Å². The van der Waals surface area contributed by atoms with Crippen molar-refractivity contribution in [3.63, 3.8) is 0 Å². The smallest absolute Gasteiger partial charge is 0.123 e. The van der Waals surface area contributed by atoms with Crippen LogP contribution >= 0.6 is 15.9 Å². The fourth-order valence-corrected chi connectivity index (χ4v) is 3.23. The molecule has 98 valence electrons. The van der Waals surface area contributed by atoms with Gasteiger partial charge in [-0.25, -0.2) is 0 Å². The molecule has 3 nitrogen and oxygen atoms in total. The van der Waals surface area contributed by atoms with E-state index in [0.717, 1.165) is 22.5 Å². The molecule has 0 atom stereocenters. The molecule has 1 fully saturated rings. The molecule has 0 saturated heterocycles. The first-order valence-electron chi connectivity index (χ1n) is 6.43. The van der Waals surface area contributed by atoms with Gasteiger partial charge in [-0.2, -0.15) is 0 Å². The number of halogens is 1. The summed E-state index contributed by atoms with van der Waals surface area (Å²) >= 11 is 3.48. The van der Waals surface area contributed by atoms with E-state index in [4.69, 9.17) is 11.1 Å². The molecule has 18 heavy (non-hydrogen) atoms. The minimum Gasteiger partial charge on any atom is -0.384 e. The Kier molecular flexibility index (Phi) is 4.27. The highest BCUT2D eigenvalue weighted by atomic mass is 79.9. The lowest BCUT2D eigenvalue weighted by atomic mass is 10.1. The van der Waals surface area contributed by atoms with Crippen LogP contribution in [0, 0.1) is 11.3 Å². The van der Waals surface area contributed by atoms with Crippen molar-refractivity contribution in [2.24, 2.45) is 11.7 Å². The maximum atomic E-state index is 7.47. The van der Waals surface area contributed by atoms with Crippen molar-refractivity contribution in [1.82, 2.24) is 0 Å². The zero-order valence-electron chi connectivity index (χ0n) is 10.7. The van der Waals surface area contributed by atoms with Gasteiger partial charge in [0.25, 0.3) is 0 Å². The van der Waals surface area contributed by atoms with E-state index < -0.39 is 0 Å². The molecule has 4 heteroatoms. The molecule has 1 saturated carbocycles. The summed E-state index contributed by atoms with van der Waals surface area (Å²) in [5, 5.41) is 7.47. The van der Waals surface area contributed by atoms with Crippen LogP contribution in [-0.2, 0) is 0 Å². The van der Waals surface area contributed by atoms with Crippen LogP contribution in [0.3, 0.4) is 0 Å². The number of anilines is 1. The number of hydrogen-bond acceptors (Lipinski definition) is 2. The SMILES string of the molecule is CN(CC1CCCC1)c1ccc(C(=N)N)c(Br)c1. The topological polar surface area (TPSA) is 53.1 Å². The van der Waals surface area contributed by atoms with Gasteiger partial charge < -0.3 is 10.6 Å². The van der Waals surface area contributed by atoms with Crippen LogP contribution in [-0.4, -0.2) is 19.4 Å². The van der Waals surface area contributed by atoms with Crippen molar-refractivity contribution in [3.05, 3.63) is 28.2 Å². The Labute approximate surface area is 117 Å². The number of nitrogen functional groups attached to an aromatic ring is 1. The molecule has 1 aromatic rings. The summed E-state index contributed by atoms with van der Waals surface area (Å²) in [6.45, 7) is 1.12. The van der Waals surface area contributed by atoms with Crippen LogP contribution in [0.15, 0.2) is 22.7 Å². The van der Waals surface area contributed by atoms with Gasteiger partial charge in [-0.1, -0.05) is 12.8 Å². The standard InChI is InChI=1S/C14H20BrN3/c1-18(9-10-4-2-3-5-10)11-6-7-12(14(16)17)13(15)8-11/h6-8,10H,2-5,9H2,1H3,(H3,16,17). The van der Waals surface area contributed by atoms with Crippen molar-refractivity contribution in [2.75, 3.05) is 18.5 Å². The van der Waals surface area contributed by atoms with Crippen molar-refractivity contribution in [3.8, 4) is 0 Å². The number of nitrogens with one attached hydrogen (secondary N) is 1. The molecular weight excluding hydrogens is 290 g/mol. The van der Waals surface area contributed by atoms with Gasteiger partial charge in [0.15, 0.2) is 0 Å². The summed E-state index contributed by atoms with van der Waals surface area (Å²) in [6, 6.07) is 6.00. The van der Waals surface area contributed by atoms with Crippen LogP contribution in [0.1, 0.15) is 31.2 Å². The van der Waals surface area contributed by atoms with E-state index in [0.29, 0.717) is 0 Å². The molecular formula is C14H20BrN3. The number of rotatable bonds is 4. The molecule has 0 spiro atoms. The van der Waals surface area contributed by atoms with Gasteiger partial charge >= 0.3 is 0 Å². The van der Waals surface area contributed by atoms with Crippen LogP contribution in [0.5, 0.6) is 0 Å². The number of hydrogen-bond donors (Lipinski definition) is 2. The lowest BCUT2D eigenvalue weighted by Crippen LogP contribution is -2.24. The fourth-order valence-electron chi connectivity index (χ4n) is 2.65. The van der Waals surface area contributed by atoms with E-state index in [1.807, 2.05) is 18.2 Å². The average molecular weight is 310 g/mol. The Morgan fingerprint density at radius 1 is 1.44 bits per heavy atom. The largest absolute Gasteiger partial charge is 0.384 e. The van der Waals surface area contributed by atoms with E-state index in [-0.39, 0.29) is 5.84 Å². The van der Waals surface area contributed by atoms with E-state index in [1.165, 1.54) is 31.4 Å². The molecule has 0 bridgehead atoms. The summed E-state index contributed by atoms with van der Waals surface area (Å²) in [5.41, 5.74) is 7.45. The molecule has 0 aliphatic heterocycles. The second kappa shape index (κ2) is 5.74. The Morgan fingerprint density at radius 2 is 2.11 bits per heavy atom. The molecule has 0 heterocycles. The molecule has 2 rings (SSSR count). The molecule has 1 aliphatic carbocycles. The highest BCUT2D eigenvalue weighted by Gasteiger charge is 2.17. The molecule has 1 aromatic carbocycles. The minimum absolute atomic E-state index is 0.104. The first-order chi connectivity index (χ1) is 8.58. The normalized spacial score (nSPS) is 15.9. The van der Waals surface area contributed by atoms with E-state index >= 15 is 0 Å². The number of nitrogens with two attached hydrogens (primary N) is 1. The maximum absolute atomic E-state index is 7.47. The molecule has 0 amide bonds. The number of amidine groups is 1. The van der Waals surface area contributed by atoms with Gasteiger partial charge in [0.2, 0.25) is 0 Å². The Morgan fingerprint density at radius 3 is 2.67 bits per heavy atom. The van der Waals surface area contributed by atoms with Gasteiger partial charge in [-0.3, -0.25) is 5.41 Å². The molecule has 0 unspecified atom stereocenters. The van der Waals surface area contributed by atoms with Crippen molar-refractivity contribution >= 4 is 27.5 Å². The summed E-state index contributed by atoms with van der Waals surface area (Å²) in [5.74, 6) is 0.938. The zero-order valence-corrected chi connectivity index (χ0v) is 12.3. The Hall–Kier alpha value is -1.03. The predicted octanol–water partition coefficient (Wildman–Crippen LogP) is 3.36. The van der Waals surface area contributed by atoms with Gasteiger partial charge in [0, 0.05) is 29.3 Å². The second-order valence-electron chi connectivity index (χ2n) is 5.11. The first kappa shape index (κ1) is 13.4. The lowest BCUT2D eigenvalue weighted by molar-refractivity contribution is 0.547. The molecule has 3 N–H and O–H groups in total. The van der Waals surface area contributed by atoms with Crippen molar-refractivity contribution in [2.45, 2.75) is 25.7 Å². The Bertz CT molecular complexity index is 439. The molecule has 0 aromatic heterocycles. The van der Waals surface area contributed by atoms with Crippen LogP contribution in [0.2, 0.25) is 0 Å². The molecule has 1 aliphatic rings. The predicted molar refractivity (Wildman–Crippen MR) is 80.4 cm³/mol. The van der Waals surface area contributed by atoms with E-state index in [1.54, 1.807) is 0 Å². The van der Waals surface area contributed by atoms with Crippen LogP contribution in [0.25, 0.3) is 0 Å². The summed E-state index contributed by atoms with van der Waals surface area (Å²) in [6.07, 6.45) is 5.48. The fraction of sp³-hybridized carbons (Fsp3) is 0.500. The third-order valence-electron chi connectivity index (χ3n) is 3.69. The van der Waals surface area contributed by atoms with Gasteiger partial charge in [0.05, 0.1) is 0 Å². The average Bonchev–Trinajstić information content (AvgIpc) is 2.81. The maximum Gasteiger partial charge on any atom is 0.123 e.